The van der Waals surface area contributed by atoms with Crippen molar-refractivity contribution in [2.24, 2.45) is 7.05 Å². The Kier molecular flexibility index (Phi) is 3.53. The van der Waals surface area contributed by atoms with E-state index < -0.39 is 0 Å². The Labute approximate surface area is 124 Å². The molecule has 2 heteroatoms. The molecule has 1 nitrogen and oxygen atoms in total. The third-order valence-corrected chi connectivity index (χ3v) is 3.70. The molecular formula is C19H17FN+. The topological polar surface area (TPSA) is 3.88 Å². The molecule has 2 aromatic carbocycles. The molecule has 104 valence electrons. The van der Waals surface area contributed by atoms with Crippen LogP contribution in [-0.4, -0.2) is 0 Å². The summed E-state index contributed by atoms with van der Waals surface area (Å²) in [6.45, 7) is 2.00. The third kappa shape index (κ3) is 2.57. The molecule has 0 saturated carbocycles. The monoisotopic (exact) mass is 278 g/mol. The maximum absolute atomic E-state index is 14.6. The van der Waals surface area contributed by atoms with E-state index in [4.69, 9.17) is 0 Å². The highest BCUT2D eigenvalue weighted by molar-refractivity contribution is 5.66. The van der Waals surface area contributed by atoms with Crippen LogP contribution in [0.3, 0.4) is 0 Å². The van der Waals surface area contributed by atoms with Crippen molar-refractivity contribution in [1.29, 1.82) is 0 Å². The highest BCUT2D eigenvalue weighted by atomic mass is 19.1. The Balaban J connectivity index is 2.16. The lowest BCUT2D eigenvalue weighted by atomic mass is 10.0. The lowest BCUT2D eigenvalue weighted by Crippen LogP contribution is -2.32. The van der Waals surface area contributed by atoms with Gasteiger partial charge in [0, 0.05) is 5.56 Å². The van der Waals surface area contributed by atoms with Crippen molar-refractivity contribution < 1.29 is 8.96 Å². The van der Waals surface area contributed by atoms with Crippen LogP contribution in [0, 0.1) is 12.7 Å². The Morgan fingerprint density at radius 1 is 0.857 bits per heavy atom. The van der Waals surface area contributed by atoms with E-state index in [1.807, 2.05) is 79.3 Å². The average Bonchev–Trinajstić information content (AvgIpc) is 2.49. The van der Waals surface area contributed by atoms with Crippen LogP contribution in [0.2, 0.25) is 0 Å². The van der Waals surface area contributed by atoms with Gasteiger partial charge in [-0.1, -0.05) is 48.5 Å². The van der Waals surface area contributed by atoms with Crippen molar-refractivity contribution in [1.82, 2.24) is 0 Å². The molecule has 0 saturated heterocycles. The SMILES string of the molecule is Cc1ccccc1-c1c(F)cc(-c2ccccc2)c[n+]1C. The van der Waals surface area contributed by atoms with Crippen LogP contribution in [0.5, 0.6) is 0 Å². The molecule has 0 unspecified atom stereocenters. The number of hydrogen-bond donors (Lipinski definition) is 0. The molecule has 0 aliphatic carbocycles. The molecule has 0 N–H and O–H groups in total. The van der Waals surface area contributed by atoms with Crippen LogP contribution in [0.15, 0.2) is 66.9 Å². The quantitative estimate of drug-likeness (QED) is 0.616. The molecule has 0 aliphatic heterocycles. The highest BCUT2D eigenvalue weighted by Gasteiger charge is 2.20. The zero-order valence-corrected chi connectivity index (χ0v) is 12.2. The first-order valence-corrected chi connectivity index (χ1v) is 6.97. The van der Waals surface area contributed by atoms with Gasteiger partial charge in [-0.3, -0.25) is 0 Å². The summed E-state index contributed by atoms with van der Waals surface area (Å²) in [6.07, 6.45) is 1.97. The summed E-state index contributed by atoms with van der Waals surface area (Å²) < 4.78 is 16.5. The Bertz CT molecular complexity index is 756. The van der Waals surface area contributed by atoms with Gasteiger partial charge in [-0.2, -0.15) is 8.96 Å². The van der Waals surface area contributed by atoms with Crippen molar-refractivity contribution in [3.05, 3.63) is 78.2 Å². The molecule has 21 heavy (non-hydrogen) atoms. The zero-order valence-electron chi connectivity index (χ0n) is 12.2. The summed E-state index contributed by atoms with van der Waals surface area (Å²) in [6, 6.07) is 19.3. The van der Waals surface area contributed by atoms with Crippen LogP contribution in [0.1, 0.15) is 5.56 Å². The largest absolute Gasteiger partial charge is 0.248 e. The molecule has 0 bridgehead atoms. The van der Waals surface area contributed by atoms with Gasteiger partial charge in [0.05, 0.1) is 5.56 Å². The van der Waals surface area contributed by atoms with Gasteiger partial charge in [0.2, 0.25) is 5.69 Å². The second-order valence-corrected chi connectivity index (χ2v) is 5.22. The van der Waals surface area contributed by atoms with Gasteiger partial charge in [-0.05, 0) is 30.2 Å². The van der Waals surface area contributed by atoms with Gasteiger partial charge >= 0.3 is 0 Å². The summed E-state index contributed by atoms with van der Waals surface area (Å²) in [4.78, 5) is 0. The summed E-state index contributed by atoms with van der Waals surface area (Å²) >= 11 is 0. The summed E-state index contributed by atoms with van der Waals surface area (Å²) in [5, 5.41) is 0. The van der Waals surface area contributed by atoms with Gasteiger partial charge in [-0.15, -0.1) is 0 Å². The van der Waals surface area contributed by atoms with Crippen LogP contribution in [-0.2, 0) is 7.05 Å². The first kappa shape index (κ1) is 13.5. The molecular weight excluding hydrogens is 261 g/mol. The molecule has 0 aliphatic rings. The number of aryl methyl sites for hydroxylation is 2. The van der Waals surface area contributed by atoms with Crippen LogP contribution in [0.4, 0.5) is 4.39 Å². The van der Waals surface area contributed by atoms with E-state index in [0.717, 1.165) is 22.3 Å². The first-order valence-electron chi connectivity index (χ1n) is 6.97. The molecule has 0 spiro atoms. The Morgan fingerprint density at radius 3 is 2.19 bits per heavy atom. The molecule has 1 aromatic heterocycles. The fourth-order valence-electron chi connectivity index (χ4n) is 2.63. The van der Waals surface area contributed by atoms with Crippen LogP contribution < -0.4 is 4.57 Å². The molecule has 0 atom stereocenters. The van der Waals surface area contributed by atoms with E-state index in [1.165, 1.54) is 0 Å². The fraction of sp³-hybridized carbons (Fsp3) is 0.105. The minimum atomic E-state index is -0.201. The summed E-state index contributed by atoms with van der Waals surface area (Å²) in [5.74, 6) is -0.201. The third-order valence-electron chi connectivity index (χ3n) is 3.70. The summed E-state index contributed by atoms with van der Waals surface area (Å²) in [7, 11) is 1.89. The summed E-state index contributed by atoms with van der Waals surface area (Å²) in [5.41, 5.74) is 4.51. The second-order valence-electron chi connectivity index (χ2n) is 5.22. The number of nitrogens with zero attached hydrogens (tertiary/aromatic N) is 1. The first-order chi connectivity index (χ1) is 10.2. The van der Waals surface area contributed by atoms with Crippen molar-refractivity contribution in [3.63, 3.8) is 0 Å². The van der Waals surface area contributed by atoms with Gasteiger partial charge in [0.15, 0.2) is 12.0 Å². The molecule has 1 heterocycles. The fourth-order valence-corrected chi connectivity index (χ4v) is 2.63. The molecule has 0 amide bonds. The predicted octanol–water partition coefficient (Wildman–Crippen LogP) is 4.29. The smallest absolute Gasteiger partial charge is 0.200 e. The highest BCUT2D eigenvalue weighted by Crippen LogP contribution is 2.26. The maximum atomic E-state index is 14.6. The van der Waals surface area contributed by atoms with Gasteiger partial charge in [0.25, 0.3) is 0 Å². The molecule has 3 rings (SSSR count). The van der Waals surface area contributed by atoms with Crippen molar-refractivity contribution in [2.75, 3.05) is 0 Å². The molecule has 0 fully saturated rings. The molecule has 3 aromatic rings. The minimum Gasteiger partial charge on any atom is -0.200 e. The predicted molar refractivity (Wildman–Crippen MR) is 83.2 cm³/mol. The number of aromatic nitrogens is 1. The van der Waals surface area contributed by atoms with E-state index in [2.05, 4.69) is 0 Å². The molecule has 0 radical (unpaired) electrons. The van der Waals surface area contributed by atoms with E-state index in [9.17, 15) is 4.39 Å². The van der Waals surface area contributed by atoms with E-state index >= 15 is 0 Å². The number of halogens is 1. The van der Waals surface area contributed by atoms with E-state index in [0.29, 0.717) is 5.69 Å². The second kappa shape index (κ2) is 5.49. The normalized spacial score (nSPS) is 10.6. The van der Waals surface area contributed by atoms with Crippen LogP contribution >= 0.6 is 0 Å². The minimum absolute atomic E-state index is 0.201. The number of hydrogen-bond acceptors (Lipinski definition) is 0. The number of benzene rings is 2. The average molecular weight is 278 g/mol. The van der Waals surface area contributed by atoms with E-state index in [-0.39, 0.29) is 5.82 Å². The van der Waals surface area contributed by atoms with Gasteiger partial charge < -0.3 is 0 Å². The van der Waals surface area contributed by atoms with Gasteiger partial charge in [0.1, 0.15) is 7.05 Å². The maximum Gasteiger partial charge on any atom is 0.248 e. The van der Waals surface area contributed by atoms with Crippen molar-refractivity contribution >= 4 is 0 Å². The van der Waals surface area contributed by atoms with Crippen molar-refractivity contribution in [3.8, 4) is 22.4 Å². The standard InChI is InChI=1S/C19H17FN/c1-14-8-6-7-11-17(14)19-18(20)12-16(13-21(19)2)15-9-4-3-5-10-15/h3-13H,1-2H3/q+1. The Morgan fingerprint density at radius 2 is 1.52 bits per heavy atom. The lowest BCUT2D eigenvalue weighted by molar-refractivity contribution is -0.661. The van der Waals surface area contributed by atoms with E-state index in [1.54, 1.807) is 6.07 Å². The van der Waals surface area contributed by atoms with Crippen LogP contribution in [0.25, 0.3) is 22.4 Å². The number of rotatable bonds is 2. The zero-order chi connectivity index (χ0) is 14.8. The van der Waals surface area contributed by atoms with Crippen molar-refractivity contribution in [2.45, 2.75) is 6.92 Å². The number of pyridine rings is 1. The lowest BCUT2D eigenvalue weighted by Gasteiger charge is -2.07. The van der Waals surface area contributed by atoms with Gasteiger partial charge in [-0.25, -0.2) is 0 Å². The Hall–Kier alpha value is -2.48.